The second-order valence-corrected chi connectivity index (χ2v) is 4.90. The van der Waals surface area contributed by atoms with Crippen molar-refractivity contribution in [1.82, 2.24) is 4.90 Å². The minimum absolute atomic E-state index is 0.684. The summed E-state index contributed by atoms with van der Waals surface area (Å²) in [5.74, 6) is 0. The molecule has 0 aliphatic carbocycles. The predicted molar refractivity (Wildman–Crippen MR) is 71.2 cm³/mol. The lowest BCUT2D eigenvalue weighted by Gasteiger charge is -2.24. The molecule has 0 N–H and O–H groups in total. The van der Waals surface area contributed by atoms with Crippen molar-refractivity contribution in [1.29, 1.82) is 0 Å². The molecule has 1 fully saturated rings. The molecule has 1 aliphatic heterocycles. The molecule has 1 aliphatic rings. The lowest BCUT2D eigenvalue weighted by molar-refractivity contribution is 0.112. The fourth-order valence-electron chi connectivity index (χ4n) is 2.18. The fourth-order valence-corrected chi connectivity index (χ4v) is 2.34. The number of aldehydes is 1. The zero-order valence-corrected chi connectivity index (χ0v) is 10.8. The Hall–Kier alpha value is -1.06. The number of hydrogen-bond acceptors (Lipinski definition) is 3. The molecule has 1 aromatic carbocycles. The first-order valence-corrected chi connectivity index (χ1v) is 6.27. The Morgan fingerprint density at radius 3 is 2.82 bits per heavy atom. The van der Waals surface area contributed by atoms with E-state index in [2.05, 4.69) is 16.8 Å². The topological polar surface area (TPSA) is 23.6 Å². The summed E-state index contributed by atoms with van der Waals surface area (Å²) in [6.07, 6.45) is 2.02. The van der Waals surface area contributed by atoms with Crippen molar-refractivity contribution in [2.45, 2.75) is 6.42 Å². The maximum Gasteiger partial charge on any atom is 0.152 e. The van der Waals surface area contributed by atoms with E-state index in [1.807, 2.05) is 6.07 Å². The quantitative estimate of drug-likeness (QED) is 0.755. The highest BCUT2D eigenvalue weighted by Gasteiger charge is 2.15. The monoisotopic (exact) mass is 252 g/mol. The van der Waals surface area contributed by atoms with Crippen LogP contribution in [-0.2, 0) is 0 Å². The van der Waals surface area contributed by atoms with E-state index < -0.39 is 0 Å². The van der Waals surface area contributed by atoms with Crippen molar-refractivity contribution in [3.05, 3.63) is 28.8 Å². The van der Waals surface area contributed by atoms with Crippen molar-refractivity contribution in [2.75, 3.05) is 38.1 Å². The molecule has 92 valence electrons. The van der Waals surface area contributed by atoms with Crippen LogP contribution in [0.15, 0.2) is 18.2 Å². The Kier molecular flexibility index (Phi) is 4.02. The van der Waals surface area contributed by atoms with Crippen LogP contribution in [0, 0.1) is 0 Å². The smallest absolute Gasteiger partial charge is 0.152 e. The largest absolute Gasteiger partial charge is 0.370 e. The lowest BCUT2D eigenvalue weighted by Crippen LogP contribution is -2.29. The van der Waals surface area contributed by atoms with E-state index in [1.54, 1.807) is 12.1 Å². The molecule has 0 unspecified atom stereocenters. The first kappa shape index (κ1) is 12.4. The molecule has 0 radical (unpaired) electrons. The highest BCUT2D eigenvalue weighted by atomic mass is 35.5. The van der Waals surface area contributed by atoms with Crippen LogP contribution in [0.25, 0.3) is 0 Å². The van der Waals surface area contributed by atoms with Gasteiger partial charge in [0, 0.05) is 35.9 Å². The van der Waals surface area contributed by atoms with E-state index in [9.17, 15) is 4.79 Å². The molecule has 1 saturated heterocycles. The Bertz CT molecular complexity index is 408. The third kappa shape index (κ3) is 2.99. The van der Waals surface area contributed by atoms with Gasteiger partial charge in [-0.3, -0.25) is 4.79 Å². The van der Waals surface area contributed by atoms with E-state index in [4.69, 9.17) is 11.6 Å². The van der Waals surface area contributed by atoms with Crippen LogP contribution >= 0.6 is 11.6 Å². The van der Waals surface area contributed by atoms with Crippen molar-refractivity contribution >= 4 is 23.6 Å². The van der Waals surface area contributed by atoms with Crippen molar-refractivity contribution in [3.63, 3.8) is 0 Å². The van der Waals surface area contributed by atoms with Gasteiger partial charge in [0.05, 0.1) is 0 Å². The number of rotatable bonds is 2. The summed E-state index contributed by atoms with van der Waals surface area (Å²) in [4.78, 5) is 15.6. The van der Waals surface area contributed by atoms with E-state index in [0.717, 1.165) is 50.1 Å². The van der Waals surface area contributed by atoms with Crippen molar-refractivity contribution < 1.29 is 4.79 Å². The molecule has 0 aromatic heterocycles. The van der Waals surface area contributed by atoms with Crippen LogP contribution < -0.4 is 4.90 Å². The van der Waals surface area contributed by atoms with Crippen LogP contribution in [0.4, 0.5) is 5.69 Å². The Morgan fingerprint density at radius 1 is 1.24 bits per heavy atom. The fraction of sp³-hybridized carbons (Fsp3) is 0.462. The minimum atomic E-state index is 0.684. The Morgan fingerprint density at radius 2 is 2.06 bits per heavy atom. The molecule has 0 amide bonds. The molecule has 0 spiro atoms. The average molecular weight is 253 g/mol. The van der Waals surface area contributed by atoms with E-state index in [0.29, 0.717) is 5.02 Å². The maximum absolute atomic E-state index is 11.1. The Labute approximate surface area is 107 Å². The summed E-state index contributed by atoms with van der Waals surface area (Å²) >= 11 is 6.01. The minimum Gasteiger partial charge on any atom is -0.370 e. The lowest BCUT2D eigenvalue weighted by atomic mass is 10.1. The SMILES string of the molecule is CN1CCCN(c2cc(Cl)ccc2C=O)CC1. The van der Waals surface area contributed by atoms with Gasteiger partial charge in [0.2, 0.25) is 0 Å². The van der Waals surface area contributed by atoms with Crippen LogP contribution in [0.1, 0.15) is 16.8 Å². The molecule has 17 heavy (non-hydrogen) atoms. The number of benzene rings is 1. The number of hydrogen-bond donors (Lipinski definition) is 0. The van der Waals surface area contributed by atoms with Gasteiger partial charge in [0.1, 0.15) is 0 Å². The second kappa shape index (κ2) is 5.52. The number of carbonyl (C=O) groups excluding carboxylic acids is 1. The highest BCUT2D eigenvalue weighted by Crippen LogP contribution is 2.24. The van der Waals surface area contributed by atoms with Gasteiger partial charge in [-0.05, 0) is 38.2 Å². The summed E-state index contributed by atoms with van der Waals surface area (Å²) in [6.45, 7) is 4.04. The Balaban J connectivity index is 2.25. The molecule has 2 rings (SSSR count). The molecule has 1 heterocycles. The summed E-state index contributed by atoms with van der Waals surface area (Å²) < 4.78 is 0. The van der Waals surface area contributed by atoms with Crippen molar-refractivity contribution in [3.8, 4) is 0 Å². The molecule has 0 saturated carbocycles. The van der Waals surface area contributed by atoms with Gasteiger partial charge in [-0.1, -0.05) is 11.6 Å². The number of nitrogens with zero attached hydrogens (tertiary/aromatic N) is 2. The van der Waals surface area contributed by atoms with Crippen LogP contribution in [0.5, 0.6) is 0 Å². The van der Waals surface area contributed by atoms with Crippen LogP contribution in [-0.4, -0.2) is 44.4 Å². The zero-order valence-electron chi connectivity index (χ0n) is 10.0. The summed E-state index contributed by atoms with van der Waals surface area (Å²) in [7, 11) is 2.13. The summed E-state index contributed by atoms with van der Waals surface area (Å²) in [5.41, 5.74) is 1.68. The van der Waals surface area contributed by atoms with Crippen LogP contribution in [0.3, 0.4) is 0 Å². The van der Waals surface area contributed by atoms with Gasteiger partial charge in [-0.15, -0.1) is 0 Å². The number of carbonyl (C=O) groups is 1. The third-order valence-corrected chi connectivity index (χ3v) is 3.41. The van der Waals surface area contributed by atoms with E-state index in [-0.39, 0.29) is 0 Å². The number of halogens is 1. The molecule has 0 atom stereocenters. The molecule has 0 bridgehead atoms. The van der Waals surface area contributed by atoms with Crippen molar-refractivity contribution in [2.24, 2.45) is 0 Å². The van der Waals surface area contributed by atoms with Gasteiger partial charge in [0.15, 0.2) is 6.29 Å². The van der Waals surface area contributed by atoms with Crippen LogP contribution in [0.2, 0.25) is 5.02 Å². The summed E-state index contributed by atoms with van der Waals surface area (Å²) in [6, 6.07) is 5.44. The molecular weight excluding hydrogens is 236 g/mol. The molecule has 1 aromatic rings. The second-order valence-electron chi connectivity index (χ2n) is 4.46. The third-order valence-electron chi connectivity index (χ3n) is 3.18. The molecular formula is C13H17ClN2O. The highest BCUT2D eigenvalue weighted by molar-refractivity contribution is 6.31. The average Bonchev–Trinajstić information content (AvgIpc) is 2.54. The van der Waals surface area contributed by atoms with E-state index in [1.165, 1.54) is 0 Å². The standard InChI is InChI=1S/C13H17ClN2O/c1-15-5-2-6-16(8-7-15)13-9-12(14)4-3-11(13)10-17/h3-4,9-10H,2,5-8H2,1H3. The first-order valence-electron chi connectivity index (χ1n) is 5.89. The number of likely N-dealkylation sites (N-methyl/N-ethyl adjacent to an activating group) is 1. The normalized spacial score (nSPS) is 17.9. The maximum atomic E-state index is 11.1. The van der Waals surface area contributed by atoms with Gasteiger partial charge in [-0.25, -0.2) is 0 Å². The van der Waals surface area contributed by atoms with Gasteiger partial charge >= 0.3 is 0 Å². The van der Waals surface area contributed by atoms with E-state index >= 15 is 0 Å². The number of anilines is 1. The van der Waals surface area contributed by atoms with Gasteiger partial charge in [-0.2, -0.15) is 0 Å². The predicted octanol–water partition coefficient (Wildman–Crippen LogP) is 2.29. The van der Waals surface area contributed by atoms with Gasteiger partial charge in [0.25, 0.3) is 0 Å². The zero-order chi connectivity index (χ0) is 12.3. The first-order chi connectivity index (χ1) is 8.20. The molecule has 3 nitrogen and oxygen atoms in total. The van der Waals surface area contributed by atoms with Gasteiger partial charge < -0.3 is 9.80 Å². The summed E-state index contributed by atoms with van der Waals surface area (Å²) in [5, 5.41) is 0.684. The molecule has 4 heteroatoms.